The quantitative estimate of drug-likeness (QED) is 0.402. The molecule has 3 rings (SSSR count). The van der Waals surface area contributed by atoms with Crippen molar-refractivity contribution in [3.63, 3.8) is 0 Å². The van der Waals surface area contributed by atoms with Gasteiger partial charge in [-0.05, 0) is 12.8 Å². The Bertz CT molecular complexity index is 417. The van der Waals surface area contributed by atoms with Gasteiger partial charge < -0.3 is 16.0 Å². The van der Waals surface area contributed by atoms with E-state index in [1.165, 1.54) is 35.3 Å². The summed E-state index contributed by atoms with van der Waals surface area (Å²) >= 11 is -0.826. The van der Waals surface area contributed by atoms with Crippen molar-refractivity contribution >= 4 is 28.4 Å². The minimum atomic E-state index is -0.826. The molecule has 6 heteroatoms. The fraction of sp³-hybridized carbons (Fsp3) is 0.588. The van der Waals surface area contributed by atoms with Crippen molar-refractivity contribution in [3.05, 3.63) is 46.6 Å². The number of nitrogens with zero attached hydrogens (tertiary/aromatic N) is 3. The van der Waals surface area contributed by atoms with Crippen LogP contribution < -0.4 is 0 Å². The molecule has 0 saturated heterocycles. The van der Waals surface area contributed by atoms with Gasteiger partial charge in [-0.25, -0.2) is 0 Å². The van der Waals surface area contributed by atoms with Crippen LogP contribution in [0.3, 0.4) is 0 Å². The first kappa shape index (κ1) is 23.1. The molecule has 2 aliphatic heterocycles. The first-order valence-electron chi connectivity index (χ1n) is 7.57. The van der Waals surface area contributed by atoms with E-state index in [1.54, 1.807) is 14.1 Å². The van der Waals surface area contributed by atoms with E-state index in [9.17, 15) is 0 Å². The molecule has 0 fully saturated rings. The summed E-state index contributed by atoms with van der Waals surface area (Å²) in [5, 5.41) is 13.1. The number of rotatable bonds is 0. The zero-order valence-electron chi connectivity index (χ0n) is 14.7. The Morgan fingerprint density at radius 3 is 1.57 bits per heavy atom. The molecular weight excluding hydrogens is 408 g/mol. The summed E-state index contributed by atoms with van der Waals surface area (Å²) in [4.78, 5) is 0. The fourth-order valence-electron chi connectivity index (χ4n) is 2.65. The van der Waals surface area contributed by atoms with Crippen molar-refractivity contribution in [1.29, 1.82) is 0 Å². The van der Waals surface area contributed by atoms with Gasteiger partial charge in [-0.1, -0.05) is 49.9 Å². The fourth-order valence-corrected chi connectivity index (χ4v) is 2.65. The van der Waals surface area contributed by atoms with Crippen molar-refractivity contribution < 1.29 is 20.8 Å². The average Bonchev–Trinajstić information content (AvgIpc) is 2.49. The van der Waals surface area contributed by atoms with E-state index >= 15 is 0 Å². The molecular formula is C17H27Cl2N3Zr. The molecule has 23 heavy (non-hydrogen) atoms. The maximum absolute atomic E-state index is 4.93. The van der Waals surface area contributed by atoms with Crippen LogP contribution in [0.5, 0.6) is 0 Å². The van der Waals surface area contributed by atoms with Crippen molar-refractivity contribution in [1.82, 2.24) is 0 Å². The summed E-state index contributed by atoms with van der Waals surface area (Å²) in [5.74, 6) is 0. The van der Waals surface area contributed by atoms with Gasteiger partial charge in [-0.15, -0.1) is 12.1 Å². The SMILES string of the molecule is CC1CCc2ccc3c(c2[N-]1)[N-]C(C)CC3.C[N-]C.[CH3+].[Cl][Zr+2][Cl]. The number of hydrogen-bond donors (Lipinski definition) is 0. The number of benzene rings is 1. The Hall–Kier alpha value is 0.113. The van der Waals surface area contributed by atoms with Crippen molar-refractivity contribution in [2.75, 3.05) is 14.1 Å². The molecule has 0 spiro atoms. The van der Waals surface area contributed by atoms with Gasteiger partial charge in [0.25, 0.3) is 0 Å². The second-order valence-electron chi connectivity index (χ2n) is 5.63. The topological polar surface area (TPSA) is 42.3 Å². The first-order chi connectivity index (χ1) is 10.6. The zero-order valence-corrected chi connectivity index (χ0v) is 18.7. The summed E-state index contributed by atoms with van der Waals surface area (Å²) in [6.07, 6.45) is 4.69. The Morgan fingerprint density at radius 1 is 0.957 bits per heavy atom. The zero-order chi connectivity index (χ0) is 16.5. The number of aryl methyl sites for hydroxylation is 2. The van der Waals surface area contributed by atoms with Crippen molar-refractivity contribution in [2.45, 2.75) is 51.6 Å². The van der Waals surface area contributed by atoms with Crippen LogP contribution >= 0.6 is 17.0 Å². The van der Waals surface area contributed by atoms with Crippen molar-refractivity contribution in [2.24, 2.45) is 0 Å². The van der Waals surface area contributed by atoms with E-state index in [-0.39, 0.29) is 7.43 Å². The summed E-state index contributed by atoms with van der Waals surface area (Å²) in [5.41, 5.74) is 5.19. The van der Waals surface area contributed by atoms with Gasteiger partial charge in [0.15, 0.2) is 0 Å². The normalized spacial score (nSPS) is 20.3. The third-order valence-electron chi connectivity index (χ3n) is 3.68. The molecule has 2 atom stereocenters. The minimum absolute atomic E-state index is 0. The van der Waals surface area contributed by atoms with E-state index in [0.29, 0.717) is 12.1 Å². The molecule has 2 unspecified atom stereocenters. The summed E-state index contributed by atoms with van der Waals surface area (Å²) in [6.45, 7) is 4.41. The molecule has 0 amide bonds. The van der Waals surface area contributed by atoms with Crippen LogP contribution in [0.2, 0.25) is 0 Å². The second kappa shape index (κ2) is 12.5. The Balaban J connectivity index is 0.000000610. The Morgan fingerprint density at radius 2 is 1.26 bits per heavy atom. The third kappa shape index (κ3) is 7.26. The van der Waals surface area contributed by atoms with Crippen LogP contribution in [-0.2, 0) is 33.7 Å². The first-order valence-corrected chi connectivity index (χ1v) is 13.9. The number of hydrogen-bond acceptors (Lipinski definition) is 0. The van der Waals surface area contributed by atoms with E-state index in [4.69, 9.17) is 27.7 Å². The summed E-state index contributed by atoms with van der Waals surface area (Å²) in [7, 11) is 13.4. The molecule has 1 aromatic carbocycles. The molecule has 0 N–H and O–H groups in total. The van der Waals surface area contributed by atoms with E-state index in [2.05, 4.69) is 31.3 Å². The predicted molar refractivity (Wildman–Crippen MR) is 101 cm³/mol. The van der Waals surface area contributed by atoms with E-state index in [0.717, 1.165) is 12.8 Å². The second-order valence-corrected chi connectivity index (χ2v) is 9.37. The molecule has 128 valence electrons. The van der Waals surface area contributed by atoms with Gasteiger partial charge in [-0.2, -0.15) is 25.5 Å². The number of fused-ring (bicyclic) bond motifs is 3. The third-order valence-corrected chi connectivity index (χ3v) is 3.68. The summed E-state index contributed by atoms with van der Waals surface area (Å²) in [6, 6.07) is 5.45. The molecule has 2 heterocycles. The van der Waals surface area contributed by atoms with Crippen molar-refractivity contribution in [3.8, 4) is 0 Å². The van der Waals surface area contributed by atoms with E-state index in [1.807, 2.05) is 0 Å². The standard InChI is InChI=1S/C14H18N2.C2H6N.CH3.2ClH.Zr/c1-9-3-5-11-7-8-12-6-4-10(2)16-14(12)13(11)15-9;1-3-2;;;;/h7-10H,3-6H2,1-2H3;1-2H3;1H3;2*1H;/q-2;-1;+1;;;+4/p-2. The van der Waals surface area contributed by atoms with Gasteiger partial charge in [-0.3, -0.25) is 0 Å². The molecule has 0 bridgehead atoms. The monoisotopic (exact) mass is 433 g/mol. The predicted octanol–water partition coefficient (Wildman–Crippen LogP) is 6.81. The Labute approximate surface area is 161 Å². The van der Waals surface area contributed by atoms with Crippen LogP contribution in [0, 0.1) is 7.43 Å². The molecule has 0 radical (unpaired) electrons. The van der Waals surface area contributed by atoms with Gasteiger partial charge in [0.05, 0.1) is 0 Å². The number of halogens is 2. The molecule has 1 aromatic rings. The van der Waals surface area contributed by atoms with Gasteiger partial charge in [0, 0.05) is 7.43 Å². The Kier molecular flexibility index (Phi) is 12.5. The summed E-state index contributed by atoms with van der Waals surface area (Å²) < 4.78 is 0. The van der Waals surface area contributed by atoms with Crippen LogP contribution in [0.1, 0.15) is 37.8 Å². The molecule has 0 aliphatic carbocycles. The maximum atomic E-state index is 4.93. The van der Waals surface area contributed by atoms with Crippen LogP contribution in [-0.4, -0.2) is 26.2 Å². The van der Waals surface area contributed by atoms with E-state index < -0.39 is 20.8 Å². The van der Waals surface area contributed by atoms with Crippen LogP contribution in [0.15, 0.2) is 12.1 Å². The molecule has 0 aromatic heterocycles. The van der Waals surface area contributed by atoms with Gasteiger partial charge in [0.2, 0.25) is 0 Å². The van der Waals surface area contributed by atoms with Crippen LogP contribution in [0.25, 0.3) is 16.0 Å². The molecule has 0 saturated carbocycles. The van der Waals surface area contributed by atoms with Gasteiger partial charge in [0.1, 0.15) is 0 Å². The van der Waals surface area contributed by atoms with Crippen LogP contribution in [0.4, 0.5) is 11.4 Å². The van der Waals surface area contributed by atoms with Gasteiger partial charge >= 0.3 is 37.9 Å². The average molecular weight is 436 g/mol. The molecule has 2 aliphatic rings. The molecule has 3 nitrogen and oxygen atoms in total.